The molecule has 1 fully saturated rings. The van der Waals surface area contributed by atoms with Crippen LogP contribution in [0, 0.1) is 0 Å². The average molecular weight is 588 g/mol. The minimum atomic E-state index is -0.410. The third-order valence-electron chi connectivity index (χ3n) is 5.07. The van der Waals surface area contributed by atoms with Crippen molar-refractivity contribution in [1.29, 1.82) is 0 Å². The van der Waals surface area contributed by atoms with Crippen LogP contribution in [0.2, 0.25) is 0 Å². The summed E-state index contributed by atoms with van der Waals surface area (Å²) in [4.78, 5) is 56.8. The van der Waals surface area contributed by atoms with Crippen molar-refractivity contribution in [3.63, 3.8) is 0 Å². The van der Waals surface area contributed by atoms with E-state index in [1.807, 2.05) is 18.2 Å². The number of carbonyl (C=O) groups excluding carboxylic acids is 4. The zero-order chi connectivity index (χ0) is 25.4. The summed E-state index contributed by atoms with van der Waals surface area (Å²) in [5.74, 6) is -0.713. The summed E-state index contributed by atoms with van der Waals surface area (Å²) in [6.45, 7) is 5.73. The Labute approximate surface area is 219 Å². The van der Waals surface area contributed by atoms with Gasteiger partial charge < -0.3 is 23.8 Å². The number of fused-ring (bicyclic) bond motifs is 1. The van der Waals surface area contributed by atoms with E-state index in [9.17, 15) is 19.2 Å². The van der Waals surface area contributed by atoms with Gasteiger partial charge in [-0.1, -0.05) is 27.3 Å². The molecule has 0 bridgehead atoms. The topological polar surface area (TPSA) is 111 Å². The Morgan fingerprint density at radius 2 is 1.71 bits per heavy atom. The fourth-order valence-electron chi connectivity index (χ4n) is 3.43. The van der Waals surface area contributed by atoms with Crippen LogP contribution < -0.4 is 4.80 Å². The second-order valence-electron chi connectivity index (χ2n) is 7.45. The van der Waals surface area contributed by atoms with Crippen LogP contribution in [0.5, 0.6) is 0 Å². The van der Waals surface area contributed by atoms with Crippen LogP contribution in [0.1, 0.15) is 13.8 Å². The predicted molar refractivity (Wildman–Crippen MR) is 137 cm³/mol. The highest BCUT2D eigenvalue weighted by molar-refractivity contribution is 9.10. The summed E-state index contributed by atoms with van der Waals surface area (Å²) < 4.78 is 13.5. The van der Waals surface area contributed by atoms with Crippen LogP contribution in [0.15, 0.2) is 27.7 Å². The number of thioether (sulfide) groups is 1. The zero-order valence-corrected chi connectivity index (χ0v) is 22.7. The molecule has 10 nitrogen and oxygen atoms in total. The van der Waals surface area contributed by atoms with Crippen molar-refractivity contribution < 1.29 is 28.7 Å². The van der Waals surface area contributed by atoms with Gasteiger partial charge in [0, 0.05) is 30.7 Å². The van der Waals surface area contributed by atoms with Gasteiger partial charge in [-0.2, -0.15) is 4.99 Å². The number of piperazine rings is 1. The lowest BCUT2D eigenvalue weighted by atomic mass is 10.3. The monoisotopic (exact) mass is 586 g/mol. The molecule has 1 aliphatic heterocycles. The van der Waals surface area contributed by atoms with E-state index in [1.165, 1.54) is 23.1 Å². The molecule has 1 saturated heterocycles. The normalized spacial score (nSPS) is 14.3. The number of benzene rings is 1. The molecule has 35 heavy (non-hydrogen) atoms. The lowest BCUT2D eigenvalue weighted by Crippen LogP contribution is -2.51. The van der Waals surface area contributed by atoms with E-state index in [0.29, 0.717) is 37.6 Å². The van der Waals surface area contributed by atoms with Crippen molar-refractivity contribution in [2.75, 3.05) is 50.9 Å². The molecule has 0 saturated carbocycles. The second kappa shape index (κ2) is 13.1. The largest absolute Gasteiger partial charge is 0.465 e. The van der Waals surface area contributed by atoms with E-state index in [2.05, 4.69) is 20.9 Å². The van der Waals surface area contributed by atoms with Crippen molar-refractivity contribution in [3.05, 3.63) is 27.5 Å². The molecular formula is C22H27BrN4O6S2. The first-order chi connectivity index (χ1) is 16.8. The van der Waals surface area contributed by atoms with Crippen molar-refractivity contribution in [2.24, 2.45) is 4.99 Å². The van der Waals surface area contributed by atoms with Gasteiger partial charge in [0.05, 0.1) is 34.9 Å². The predicted octanol–water partition coefficient (Wildman–Crippen LogP) is 2.49. The van der Waals surface area contributed by atoms with Crippen LogP contribution in [0.4, 0.5) is 4.79 Å². The quantitative estimate of drug-likeness (QED) is 0.437. The molecular weight excluding hydrogens is 560 g/mol. The first-order valence-electron chi connectivity index (χ1n) is 11.1. The van der Waals surface area contributed by atoms with E-state index in [-0.39, 0.29) is 36.7 Å². The number of aromatic nitrogens is 1. The summed E-state index contributed by atoms with van der Waals surface area (Å²) >= 11 is 5.93. The van der Waals surface area contributed by atoms with Crippen LogP contribution in [0.25, 0.3) is 10.2 Å². The minimum absolute atomic E-state index is 0.0336. The number of nitrogens with zero attached hydrogens (tertiary/aromatic N) is 4. The number of carbonyl (C=O) groups is 4. The van der Waals surface area contributed by atoms with Gasteiger partial charge in [-0.25, -0.2) is 4.79 Å². The molecule has 0 N–H and O–H groups in total. The van der Waals surface area contributed by atoms with E-state index in [4.69, 9.17) is 9.47 Å². The van der Waals surface area contributed by atoms with Gasteiger partial charge in [0.1, 0.15) is 6.54 Å². The Kier molecular flexibility index (Phi) is 10.2. The second-order valence-corrected chi connectivity index (χ2v) is 10.4. The van der Waals surface area contributed by atoms with Gasteiger partial charge in [0.15, 0.2) is 4.80 Å². The molecule has 0 spiro atoms. The fraction of sp³-hybridized carbons (Fsp3) is 0.500. The molecule has 1 aromatic heterocycles. The molecule has 3 rings (SSSR count). The van der Waals surface area contributed by atoms with E-state index in [1.54, 1.807) is 28.2 Å². The van der Waals surface area contributed by atoms with Crippen LogP contribution in [0.3, 0.4) is 0 Å². The molecule has 0 radical (unpaired) electrons. The highest BCUT2D eigenvalue weighted by Crippen LogP contribution is 2.22. The first kappa shape index (κ1) is 27.2. The Bertz CT molecular complexity index is 1160. The fourth-order valence-corrected chi connectivity index (χ4v) is 5.73. The number of hydrogen-bond donors (Lipinski definition) is 0. The summed E-state index contributed by atoms with van der Waals surface area (Å²) in [5, 5.41) is 0. The summed E-state index contributed by atoms with van der Waals surface area (Å²) in [6, 6.07) is 5.62. The highest BCUT2D eigenvalue weighted by atomic mass is 79.9. The number of halogens is 1. The minimum Gasteiger partial charge on any atom is -0.465 e. The molecule has 2 aromatic rings. The first-order valence-corrected chi connectivity index (χ1v) is 13.9. The maximum atomic E-state index is 12.6. The maximum Gasteiger partial charge on any atom is 0.409 e. The Morgan fingerprint density at radius 1 is 1.03 bits per heavy atom. The molecule has 1 aromatic carbocycles. The third kappa shape index (κ3) is 7.55. The van der Waals surface area contributed by atoms with Crippen LogP contribution in [-0.2, 0) is 30.4 Å². The molecule has 190 valence electrons. The summed E-state index contributed by atoms with van der Waals surface area (Å²) in [5.41, 5.74) is 0.780. The van der Waals surface area contributed by atoms with Gasteiger partial charge in [-0.3, -0.25) is 14.4 Å². The molecule has 3 amide bonds. The van der Waals surface area contributed by atoms with E-state index >= 15 is 0 Å². The standard InChI is InChI=1S/C22H27BrN4O6S2/c1-3-32-20(30)12-27-16-6-5-15(23)11-17(16)35-21(27)24-18(28)13-34-14-19(29)25-7-9-26(10-8-25)22(31)33-4-2/h5-6,11H,3-4,7-10,12-14H2,1-2H3. The number of hydrogen-bond acceptors (Lipinski definition) is 8. The van der Waals surface area contributed by atoms with Crippen molar-refractivity contribution in [1.82, 2.24) is 14.4 Å². The van der Waals surface area contributed by atoms with Crippen LogP contribution in [-0.4, -0.2) is 89.1 Å². The van der Waals surface area contributed by atoms with Gasteiger partial charge in [0.25, 0.3) is 5.91 Å². The van der Waals surface area contributed by atoms with Gasteiger partial charge in [-0.15, -0.1) is 11.8 Å². The Hall–Kier alpha value is -2.38. The van der Waals surface area contributed by atoms with Crippen molar-refractivity contribution in [2.45, 2.75) is 20.4 Å². The van der Waals surface area contributed by atoms with Gasteiger partial charge >= 0.3 is 12.1 Å². The smallest absolute Gasteiger partial charge is 0.409 e. The average Bonchev–Trinajstić information content (AvgIpc) is 3.14. The number of esters is 1. The Balaban J connectivity index is 1.59. The van der Waals surface area contributed by atoms with Gasteiger partial charge in [0.2, 0.25) is 5.91 Å². The molecule has 0 unspecified atom stereocenters. The zero-order valence-electron chi connectivity index (χ0n) is 19.5. The summed E-state index contributed by atoms with van der Waals surface area (Å²) in [7, 11) is 0. The lowest BCUT2D eigenvalue weighted by Gasteiger charge is -2.34. The lowest BCUT2D eigenvalue weighted by molar-refractivity contribution is -0.143. The molecule has 2 heterocycles. The number of rotatable bonds is 8. The number of amides is 3. The maximum absolute atomic E-state index is 12.6. The molecule has 13 heteroatoms. The SMILES string of the molecule is CCOC(=O)Cn1c(=NC(=O)CSCC(=O)N2CCN(C(=O)OCC)CC2)sc2cc(Br)ccc21. The Morgan fingerprint density at radius 3 is 2.40 bits per heavy atom. The molecule has 0 aliphatic carbocycles. The van der Waals surface area contributed by atoms with Crippen molar-refractivity contribution >= 4 is 73.1 Å². The highest BCUT2D eigenvalue weighted by Gasteiger charge is 2.24. The number of ether oxygens (including phenoxy) is 2. The van der Waals surface area contributed by atoms with E-state index in [0.717, 1.165) is 14.7 Å². The molecule has 1 aliphatic rings. The molecule has 0 atom stereocenters. The third-order valence-corrected chi connectivity index (χ3v) is 7.50. The van der Waals surface area contributed by atoms with Crippen molar-refractivity contribution in [3.8, 4) is 0 Å². The van der Waals surface area contributed by atoms with Gasteiger partial charge in [-0.05, 0) is 32.0 Å². The van der Waals surface area contributed by atoms with Crippen LogP contribution >= 0.6 is 39.0 Å². The van der Waals surface area contributed by atoms with E-state index < -0.39 is 11.9 Å². The number of thiazole rings is 1. The summed E-state index contributed by atoms with van der Waals surface area (Å²) in [6.07, 6.45) is -0.366.